The van der Waals surface area contributed by atoms with Crippen molar-refractivity contribution in [3.8, 4) is 0 Å². The fourth-order valence-corrected chi connectivity index (χ4v) is 3.64. The van der Waals surface area contributed by atoms with Gasteiger partial charge in [-0.2, -0.15) is 31.4 Å². The Morgan fingerprint density at radius 2 is 1.77 bits per heavy atom. The van der Waals surface area contributed by atoms with E-state index in [0.29, 0.717) is 23.6 Å². The topological polar surface area (TPSA) is 85.8 Å². The maximum Gasteiger partial charge on any atom is 0.434 e. The molecule has 0 amide bonds. The lowest BCUT2D eigenvalue weighted by atomic mass is 9.89. The molecule has 0 unspecified atom stereocenters. The Hall–Kier alpha value is -2.67. The highest BCUT2D eigenvalue weighted by atomic mass is 35.5. The second-order valence-corrected chi connectivity index (χ2v) is 7.53. The minimum atomic E-state index is -5.45. The lowest BCUT2D eigenvalue weighted by molar-refractivity contribution is -0.250. The summed E-state index contributed by atoms with van der Waals surface area (Å²) in [5.74, 6) is 0. The van der Waals surface area contributed by atoms with Crippen molar-refractivity contribution in [1.29, 1.82) is 0 Å². The first-order chi connectivity index (χ1) is 14.3. The zero-order chi connectivity index (χ0) is 22.9. The zero-order valence-corrected chi connectivity index (χ0v) is 16.2. The Morgan fingerprint density at radius 1 is 1.13 bits per heavy atom. The smallest absolute Gasteiger partial charge is 0.371 e. The minimum Gasteiger partial charge on any atom is -0.371 e. The van der Waals surface area contributed by atoms with Crippen LogP contribution in [0.25, 0.3) is 11.0 Å². The van der Waals surface area contributed by atoms with Gasteiger partial charge in [-0.15, -0.1) is 0 Å². The number of alkyl halides is 6. The Balaban J connectivity index is 1.99. The van der Waals surface area contributed by atoms with Gasteiger partial charge in [0, 0.05) is 24.8 Å². The van der Waals surface area contributed by atoms with Gasteiger partial charge in [0.2, 0.25) is 5.60 Å². The quantitative estimate of drug-likeness (QED) is 0.597. The first-order valence-electron chi connectivity index (χ1n) is 8.73. The molecule has 1 saturated carbocycles. The van der Waals surface area contributed by atoms with E-state index < -0.39 is 56.5 Å². The lowest BCUT2D eigenvalue weighted by Crippen LogP contribution is -2.45. The van der Waals surface area contributed by atoms with Gasteiger partial charge in [-0.05, 0) is 18.9 Å². The van der Waals surface area contributed by atoms with Crippen LogP contribution in [0.3, 0.4) is 0 Å². The fraction of sp³-hybridized carbons (Fsp3) is 0.412. The molecule has 7 nitrogen and oxygen atoms in total. The van der Waals surface area contributed by atoms with Crippen molar-refractivity contribution in [3.63, 3.8) is 0 Å². The first kappa shape index (κ1) is 21.6. The molecule has 166 valence electrons. The van der Waals surface area contributed by atoms with Gasteiger partial charge in [0.05, 0.1) is 11.3 Å². The normalized spacial score (nSPS) is 17.2. The Labute approximate surface area is 173 Å². The summed E-state index contributed by atoms with van der Waals surface area (Å²) in [6.07, 6.45) is -7.77. The molecule has 1 atom stereocenters. The van der Waals surface area contributed by atoms with Gasteiger partial charge in [0.25, 0.3) is 5.56 Å². The SMILES string of the molecule is Cn1nc2c(=O)n(C3CC3)cnc2c1[C@@](O)(c1cnc(C(F)(F)F)c(Cl)c1)C(F)(F)F. The number of pyridine rings is 1. The molecule has 0 spiro atoms. The highest BCUT2D eigenvalue weighted by Gasteiger charge is 2.60. The third-order valence-electron chi connectivity index (χ3n) is 4.99. The molecule has 3 aromatic rings. The number of hydrogen-bond donors (Lipinski definition) is 1. The average molecular weight is 468 g/mol. The molecule has 0 radical (unpaired) electrons. The largest absolute Gasteiger partial charge is 0.434 e. The predicted octanol–water partition coefficient (Wildman–Crippen LogP) is 3.33. The fourth-order valence-electron chi connectivity index (χ4n) is 3.37. The van der Waals surface area contributed by atoms with Crippen LogP contribution in [0.4, 0.5) is 26.3 Å². The number of fused-ring (bicyclic) bond motifs is 1. The van der Waals surface area contributed by atoms with E-state index >= 15 is 0 Å². The van der Waals surface area contributed by atoms with Crippen molar-refractivity contribution < 1.29 is 31.4 Å². The number of aromatic nitrogens is 5. The van der Waals surface area contributed by atoms with Crippen molar-refractivity contribution in [2.75, 3.05) is 0 Å². The van der Waals surface area contributed by atoms with Crippen LogP contribution >= 0.6 is 11.6 Å². The van der Waals surface area contributed by atoms with Crippen LogP contribution in [-0.4, -0.2) is 35.6 Å². The zero-order valence-electron chi connectivity index (χ0n) is 15.5. The summed E-state index contributed by atoms with van der Waals surface area (Å²) >= 11 is 5.53. The molecule has 1 N–H and O–H groups in total. The van der Waals surface area contributed by atoms with Gasteiger partial charge in [0.1, 0.15) is 11.2 Å². The molecule has 4 rings (SSSR count). The Morgan fingerprint density at radius 3 is 2.29 bits per heavy atom. The van der Waals surface area contributed by atoms with Gasteiger partial charge < -0.3 is 5.11 Å². The second-order valence-electron chi connectivity index (χ2n) is 7.12. The highest BCUT2D eigenvalue weighted by molar-refractivity contribution is 6.31. The second kappa shape index (κ2) is 6.66. The Bertz CT molecular complexity index is 1250. The van der Waals surface area contributed by atoms with E-state index in [2.05, 4.69) is 15.1 Å². The molecule has 3 aromatic heterocycles. The molecule has 0 aromatic carbocycles. The van der Waals surface area contributed by atoms with Crippen molar-refractivity contribution in [3.05, 3.63) is 50.9 Å². The molecule has 1 fully saturated rings. The van der Waals surface area contributed by atoms with Crippen LogP contribution in [0, 0.1) is 0 Å². The number of rotatable bonds is 3. The molecule has 1 aliphatic rings. The molecule has 3 heterocycles. The summed E-state index contributed by atoms with van der Waals surface area (Å²) in [7, 11) is 1.05. The number of aryl methyl sites for hydroxylation is 1. The molecular weight excluding hydrogens is 456 g/mol. The molecule has 0 aliphatic heterocycles. The standard InChI is InChI=1S/C17H12ClF6N5O2/c1-28-13(10-11(27-28)14(30)29(6-26-10)8-2-3-8)15(31,17(22,23)24)7-4-9(18)12(25-5-7)16(19,20)21/h4-6,8,31H,2-3H2,1H3/t15-/m0/s1. The summed E-state index contributed by atoms with van der Waals surface area (Å²) in [6, 6.07) is 0.198. The van der Waals surface area contributed by atoms with E-state index in [4.69, 9.17) is 11.6 Å². The van der Waals surface area contributed by atoms with Crippen molar-refractivity contribution in [1.82, 2.24) is 24.3 Å². The summed E-state index contributed by atoms with van der Waals surface area (Å²) in [5, 5.41) is 13.5. The predicted molar refractivity (Wildman–Crippen MR) is 94.3 cm³/mol. The first-order valence-corrected chi connectivity index (χ1v) is 9.11. The number of halogens is 7. The molecule has 0 saturated heterocycles. The summed E-state index contributed by atoms with van der Waals surface area (Å²) in [4.78, 5) is 19.5. The van der Waals surface area contributed by atoms with E-state index in [1.54, 1.807) is 0 Å². The van der Waals surface area contributed by atoms with Crippen LogP contribution < -0.4 is 5.56 Å². The van der Waals surface area contributed by atoms with Gasteiger partial charge >= 0.3 is 12.4 Å². The number of nitrogens with zero attached hydrogens (tertiary/aromatic N) is 5. The maximum atomic E-state index is 14.2. The lowest BCUT2D eigenvalue weighted by Gasteiger charge is -2.31. The summed E-state index contributed by atoms with van der Waals surface area (Å²) in [5.41, 5.74) is -9.20. The maximum absolute atomic E-state index is 14.2. The van der Waals surface area contributed by atoms with E-state index in [-0.39, 0.29) is 12.2 Å². The van der Waals surface area contributed by atoms with Crippen LogP contribution in [0.2, 0.25) is 5.02 Å². The Kier molecular flexibility index (Phi) is 4.63. The van der Waals surface area contributed by atoms with Crippen molar-refractivity contribution >= 4 is 22.6 Å². The van der Waals surface area contributed by atoms with Gasteiger partial charge in [-0.1, -0.05) is 11.6 Å². The van der Waals surface area contributed by atoms with E-state index in [1.807, 2.05) is 0 Å². The van der Waals surface area contributed by atoms with Crippen LogP contribution in [-0.2, 0) is 18.8 Å². The number of hydrogen-bond acceptors (Lipinski definition) is 5. The van der Waals surface area contributed by atoms with E-state index in [9.17, 15) is 36.2 Å². The third-order valence-corrected chi connectivity index (χ3v) is 5.28. The van der Waals surface area contributed by atoms with Gasteiger partial charge in [-0.3, -0.25) is 14.0 Å². The van der Waals surface area contributed by atoms with Crippen LogP contribution in [0.15, 0.2) is 23.4 Å². The molecule has 0 bridgehead atoms. The number of aliphatic hydroxyl groups is 1. The van der Waals surface area contributed by atoms with Crippen LogP contribution in [0.1, 0.15) is 35.8 Å². The molecule has 14 heteroatoms. The molecular formula is C17H12ClF6N5O2. The summed E-state index contributed by atoms with van der Waals surface area (Å²) < 4.78 is 83.1. The van der Waals surface area contributed by atoms with Crippen molar-refractivity contribution in [2.45, 2.75) is 36.8 Å². The van der Waals surface area contributed by atoms with Gasteiger partial charge in [0.15, 0.2) is 11.2 Å². The van der Waals surface area contributed by atoms with Crippen molar-refractivity contribution in [2.24, 2.45) is 7.05 Å². The van der Waals surface area contributed by atoms with Gasteiger partial charge in [-0.25, -0.2) is 9.97 Å². The van der Waals surface area contributed by atoms with E-state index in [1.165, 1.54) is 4.57 Å². The summed E-state index contributed by atoms with van der Waals surface area (Å²) in [6.45, 7) is 0. The minimum absolute atomic E-state index is 0.130. The molecule has 31 heavy (non-hydrogen) atoms. The molecule has 1 aliphatic carbocycles. The highest BCUT2D eigenvalue weighted by Crippen LogP contribution is 2.47. The third kappa shape index (κ3) is 3.26. The van der Waals surface area contributed by atoms with Crippen LogP contribution in [0.5, 0.6) is 0 Å². The average Bonchev–Trinajstić information content (AvgIpc) is 3.41. The monoisotopic (exact) mass is 467 g/mol. The van der Waals surface area contributed by atoms with E-state index in [0.717, 1.165) is 13.4 Å².